The van der Waals surface area contributed by atoms with Crippen molar-refractivity contribution in [2.75, 3.05) is 0 Å². The Kier molecular flexibility index (Phi) is 3.73. The molecular formula is C14H11FN4S. The predicted octanol–water partition coefficient (Wildman–Crippen LogP) is 3.09. The summed E-state index contributed by atoms with van der Waals surface area (Å²) in [6.07, 6.45) is 0. The number of aromatic nitrogens is 4. The number of halogens is 1. The van der Waals surface area contributed by atoms with Crippen LogP contribution in [0.5, 0.6) is 0 Å². The Morgan fingerprint density at radius 2 is 1.75 bits per heavy atom. The van der Waals surface area contributed by atoms with Gasteiger partial charge in [-0.3, -0.25) is 0 Å². The van der Waals surface area contributed by atoms with E-state index in [9.17, 15) is 4.39 Å². The Hall–Kier alpha value is -2.21. The van der Waals surface area contributed by atoms with Gasteiger partial charge in [-0.15, -0.1) is 5.10 Å². The highest BCUT2D eigenvalue weighted by Gasteiger charge is 2.08. The van der Waals surface area contributed by atoms with Crippen LogP contribution in [-0.2, 0) is 5.75 Å². The molecule has 2 aromatic carbocycles. The molecule has 100 valence electrons. The third-order valence-corrected chi connectivity index (χ3v) is 3.71. The fourth-order valence-corrected chi connectivity index (χ4v) is 2.58. The van der Waals surface area contributed by atoms with Crippen molar-refractivity contribution in [3.63, 3.8) is 0 Å². The molecule has 0 spiro atoms. The van der Waals surface area contributed by atoms with Gasteiger partial charge in [-0.05, 0) is 40.3 Å². The number of para-hydroxylation sites is 1. The van der Waals surface area contributed by atoms with E-state index in [-0.39, 0.29) is 5.82 Å². The second kappa shape index (κ2) is 5.83. The first-order valence-corrected chi connectivity index (χ1v) is 7.02. The van der Waals surface area contributed by atoms with Crippen molar-refractivity contribution in [3.8, 4) is 5.69 Å². The maximum absolute atomic E-state index is 12.8. The van der Waals surface area contributed by atoms with Gasteiger partial charge in [0.25, 0.3) is 0 Å². The number of tetrazole rings is 1. The Morgan fingerprint density at radius 1 is 1.00 bits per heavy atom. The molecule has 1 heterocycles. The van der Waals surface area contributed by atoms with Gasteiger partial charge in [0.05, 0.1) is 5.69 Å². The van der Waals surface area contributed by atoms with E-state index >= 15 is 0 Å². The molecule has 0 atom stereocenters. The van der Waals surface area contributed by atoms with Crippen LogP contribution in [0.3, 0.4) is 0 Å². The van der Waals surface area contributed by atoms with Gasteiger partial charge in [-0.1, -0.05) is 42.1 Å². The first-order chi connectivity index (χ1) is 9.83. The molecule has 0 aliphatic rings. The highest BCUT2D eigenvalue weighted by atomic mass is 32.2. The number of thioether (sulfide) groups is 1. The van der Waals surface area contributed by atoms with Gasteiger partial charge in [0.1, 0.15) is 5.82 Å². The number of hydrogen-bond acceptors (Lipinski definition) is 4. The normalized spacial score (nSPS) is 10.7. The Bertz CT molecular complexity index is 682. The van der Waals surface area contributed by atoms with Crippen molar-refractivity contribution in [2.45, 2.75) is 10.9 Å². The number of benzene rings is 2. The van der Waals surface area contributed by atoms with Gasteiger partial charge in [0.2, 0.25) is 5.16 Å². The largest absolute Gasteiger partial charge is 0.214 e. The lowest BCUT2D eigenvalue weighted by Gasteiger charge is -2.04. The van der Waals surface area contributed by atoms with Crippen LogP contribution < -0.4 is 0 Å². The van der Waals surface area contributed by atoms with Crippen LogP contribution in [0.25, 0.3) is 5.69 Å². The molecule has 0 amide bonds. The van der Waals surface area contributed by atoms with Crippen LogP contribution in [0.2, 0.25) is 0 Å². The third-order valence-electron chi connectivity index (χ3n) is 2.72. The first kappa shape index (κ1) is 12.8. The van der Waals surface area contributed by atoms with E-state index in [1.165, 1.54) is 23.9 Å². The van der Waals surface area contributed by atoms with Crippen molar-refractivity contribution in [2.24, 2.45) is 0 Å². The Balaban J connectivity index is 1.76. The average molecular weight is 286 g/mol. The molecule has 0 unspecified atom stereocenters. The first-order valence-electron chi connectivity index (χ1n) is 6.04. The summed E-state index contributed by atoms with van der Waals surface area (Å²) >= 11 is 1.51. The quantitative estimate of drug-likeness (QED) is 0.691. The van der Waals surface area contributed by atoms with E-state index < -0.39 is 0 Å². The summed E-state index contributed by atoms with van der Waals surface area (Å²) in [5.41, 5.74) is 1.94. The minimum atomic E-state index is -0.229. The highest BCUT2D eigenvalue weighted by molar-refractivity contribution is 7.98. The van der Waals surface area contributed by atoms with Gasteiger partial charge < -0.3 is 0 Å². The zero-order chi connectivity index (χ0) is 13.8. The van der Waals surface area contributed by atoms with E-state index in [1.54, 1.807) is 16.8 Å². The van der Waals surface area contributed by atoms with Crippen LogP contribution in [0.15, 0.2) is 59.8 Å². The zero-order valence-corrected chi connectivity index (χ0v) is 11.3. The fourth-order valence-electron chi connectivity index (χ4n) is 1.73. The molecule has 3 aromatic rings. The maximum Gasteiger partial charge on any atom is 0.214 e. The molecule has 0 aliphatic heterocycles. The van der Waals surface area contributed by atoms with E-state index in [2.05, 4.69) is 15.5 Å². The minimum absolute atomic E-state index is 0.229. The molecule has 4 nitrogen and oxygen atoms in total. The lowest BCUT2D eigenvalue weighted by atomic mass is 10.2. The van der Waals surface area contributed by atoms with Gasteiger partial charge >= 0.3 is 0 Å². The molecule has 0 saturated heterocycles. The summed E-state index contributed by atoms with van der Waals surface area (Å²) in [7, 11) is 0. The Labute approximate surface area is 119 Å². The van der Waals surface area contributed by atoms with Gasteiger partial charge in [-0.2, -0.15) is 4.68 Å². The molecule has 6 heteroatoms. The topological polar surface area (TPSA) is 43.6 Å². The van der Waals surface area contributed by atoms with Crippen molar-refractivity contribution >= 4 is 11.8 Å². The summed E-state index contributed by atoms with van der Waals surface area (Å²) in [4.78, 5) is 0. The van der Waals surface area contributed by atoms with Crippen LogP contribution >= 0.6 is 11.8 Å². The number of hydrogen-bond donors (Lipinski definition) is 0. The second-order valence-electron chi connectivity index (χ2n) is 4.12. The van der Waals surface area contributed by atoms with Crippen LogP contribution in [0.1, 0.15) is 5.56 Å². The smallest absolute Gasteiger partial charge is 0.207 e. The predicted molar refractivity (Wildman–Crippen MR) is 75.1 cm³/mol. The van der Waals surface area contributed by atoms with Crippen LogP contribution in [0, 0.1) is 5.82 Å². The van der Waals surface area contributed by atoms with Crippen LogP contribution in [0.4, 0.5) is 4.39 Å². The molecule has 0 fully saturated rings. The summed E-state index contributed by atoms with van der Waals surface area (Å²) in [5.74, 6) is 0.459. The molecule has 0 N–H and O–H groups in total. The average Bonchev–Trinajstić information content (AvgIpc) is 2.96. The molecule has 0 radical (unpaired) electrons. The number of nitrogens with zero attached hydrogens (tertiary/aromatic N) is 4. The minimum Gasteiger partial charge on any atom is -0.207 e. The summed E-state index contributed by atoms with van der Waals surface area (Å²) < 4.78 is 14.5. The fraction of sp³-hybridized carbons (Fsp3) is 0.0714. The van der Waals surface area contributed by atoms with Crippen molar-refractivity contribution in [1.82, 2.24) is 20.2 Å². The van der Waals surface area contributed by atoms with Gasteiger partial charge in [0.15, 0.2) is 0 Å². The lowest BCUT2D eigenvalue weighted by molar-refractivity contribution is 0.627. The van der Waals surface area contributed by atoms with Crippen LogP contribution in [-0.4, -0.2) is 20.2 Å². The third kappa shape index (κ3) is 2.85. The molecular weight excluding hydrogens is 275 g/mol. The monoisotopic (exact) mass is 286 g/mol. The zero-order valence-electron chi connectivity index (χ0n) is 10.5. The Morgan fingerprint density at radius 3 is 2.50 bits per heavy atom. The molecule has 0 saturated carbocycles. The van der Waals surface area contributed by atoms with E-state index in [0.717, 1.165) is 11.3 Å². The lowest BCUT2D eigenvalue weighted by Crippen LogP contribution is -1.98. The summed E-state index contributed by atoms with van der Waals surface area (Å²) in [6, 6.07) is 16.1. The second-order valence-corrected chi connectivity index (χ2v) is 5.07. The SMILES string of the molecule is Fc1ccc(CSc2nnnn2-c2ccccc2)cc1. The standard InChI is InChI=1S/C14H11FN4S/c15-12-8-6-11(7-9-12)10-20-14-16-17-18-19(14)13-4-2-1-3-5-13/h1-9H,10H2. The van der Waals surface area contributed by atoms with Gasteiger partial charge in [-0.25, -0.2) is 4.39 Å². The van der Waals surface area contributed by atoms with Crippen molar-refractivity contribution in [3.05, 3.63) is 66.0 Å². The maximum atomic E-state index is 12.8. The highest BCUT2D eigenvalue weighted by Crippen LogP contribution is 2.22. The van der Waals surface area contributed by atoms with Gasteiger partial charge in [0, 0.05) is 5.75 Å². The number of rotatable bonds is 4. The molecule has 0 bridgehead atoms. The molecule has 0 aliphatic carbocycles. The molecule has 1 aromatic heterocycles. The summed E-state index contributed by atoms with van der Waals surface area (Å²) in [5, 5.41) is 12.4. The van der Waals surface area contributed by atoms with Crippen molar-refractivity contribution < 1.29 is 4.39 Å². The van der Waals surface area contributed by atoms with E-state index in [0.29, 0.717) is 10.9 Å². The van der Waals surface area contributed by atoms with E-state index in [1.807, 2.05) is 30.3 Å². The molecule has 20 heavy (non-hydrogen) atoms. The molecule has 3 rings (SSSR count). The van der Waals surface area contributed by atoms with E-state index in [4.69, 9.17) is 0 Å². The van der Waals surface area contributed by atoms with Crippen molar-refractivity contribution in [1.29, 1.82) is 0 Å². The summed E-state index contributed by atoms with van der Waals surface area (Å²) in [6.45, 7) is 0.